The van der Waals surface area contributed by atoms with E-state index in [0.717, 1.165) is 41.0 Å². The Kier molecular flexibility index (Phi) is 5.51. The highest BCUT2D eigenvalue weighted by molar-refractivity contribution is 5.83. The standard InChI is InChI=1S/C25H27FN4O2/c1-15(22(27)25(31)30-12-11-21(26)14-30)16-5-7-17(8-6-16)19-3-2-4-20(13-19)23-28-24(32-29-23)18-9-10-18/h2-8,13,15,18,21-22H,9-12,14,27H2,1H3/t15-,21-,22-/m0/s1. The van der Waals surface area contributed by atoms with Gasteiger partial charge < -0.3 is 15.2 Å². The maximum Gasteiger partial charge on any atom is 0.240 e. The number of nitrogens with zero attached hydrogens (tertiary/aromatic N) is 3. The topological polar surface area (TPSA) is 85.2 Å². The van der Waals surface area contributed by atoms with Crippen LogP contribution in [-0.4, -0.2) is 46.3 Å². The van der Waals surface area contributed by atoms with Crippen LogP contribution in [0.1, 0.15) is 49.5 Å². The van der Waals surface area contributed by atoms with Gasteiger partial charge in [0.25, 0.3) is 0 Å². The zero-order valence-corrected chi connectivity index (χ0v) is 18.1. The van der Waals surface area contributed by atoms with Crippen molar-refractivity contribution < 1.29 is 13.7 Å². The van der Waals surface area contributed by atoms with E-state index in [9.17, 15) is 9.18 Å². The summed E-state index contributed by atoms with van der Waals surface area (Å²) >= 11 is 0. The van der Waals surface area contributed by atoms with Crippen molar-refractivity contribution in [1.29, 1.82) is 0 Å². The molecule has 1 aliphatic carbocycles. The van der Waals surface area contributed by atoms with Gasteiger partial charge in [-0.15, -0.1) is 0 Å². The van der Waals surface area contributed by atoms with Crippen LogP contribution in [0.4, 0.5) is 4.39 Å². The Balaban J connectivity index is 1.30. The Morgan fingerprint density at radius 2 is 1.88 bits per heavy atom. The first-order valence-corrected chi connectivity index (χ1v) is 11.2. The summed E-state index contributed by atoms with van der Waals surface area (Å²) < 4.78 is 18.8. The lowest BCUT2D eigenvalue weighted by atomic mass is 9.91. The molecule has 2 aliphatic rings. The second-order valence-electron chi connectivity index (χ2n) is 8.92. The Morgan fingerprint density at radius 1 is 1.12 bits per heavy atom. The molecule has 0 radical (unpaired) electrons. The molecule has 0 bridgehead atoms. The van der Waals surface area contributed by atoms with Crippen molar-refractivity contribution >= 4 is 5.91 Å². The van der Waals surface area contributed by atoms with Crippen molar-refractivity contribution in [3.63, 3.8) is 0 Å². The minimum Gasteiger partial charge on any atom is -0.339 e. The molecule has 7 heteroatoms. The van der Waals surface area contributed by atoms with E-state index >= 15 is 0 Å². The summed E-state index contributed by atoms with van der Waals surface area (Å²) in [6.07, 6.45) is 1.70. The van der Waals surface area contributed by atoms with Gasteiger partial charge in [0.05, 0.1) is 12.6 Å². The molecule has 1 aromatic heterocycles. The highest BCUT2D eigenvalue weighted by Crippen LogP contribution is 2.39. The molecular weight excluding hydrogens is 407 g/mol. The third-order valence-corrected chi connectivity index (χ3v) is 6.53. The Hall–Kier alpha value is -3.06. The molecule has 6 nitrogen and oxygen atoms in total. The van der Waals surface area contributed by atoms with Gasteiger partial charge >= 0.3 is 0 Å². The Labute approximate surface area is 186 Å². The normalized spacial score (nSPS) is 20.3. The number of benzene rings is 2. The lowest BCUT2D eigenvalue weighted by Gasteiger charge is -2.25. The van der Waals surface area contributed by atoms with Gasteiger partial charge in [-0.3, -0.25) is 4.79 Å². The second-order valence-corrected chi connectivity index (χ2v) is 8.92. The summed E-state index contributed by atoms with van der Waals surface area (Å²) in [5, 5.41) is 4.13. The van der Waals surface area contributed by atoms with Gasteiger partial charge in [0, 0.05) is 23.9 Å². The van der Waals surface area contributed by atoms with Crippen LogP contribution in [0.2, 0.25) is 0 Å². The molecule has 0 unspecified atom stereocenters. The van der Waals surface area contributed by atoms with Crippen molar-refractivity contribution in [3.05, 3.63) is 60.0 Å². The van der Waals surface area contributed by atoms with Crippen LogP contribution in [0.5, 0.6) is 0 Å². The van der Waals surface area contributed by atoms with Crippen LogP contribution in [0.25, 0.3) is 22.5 Å². The number of aromatic nitrogens is 2. The van der Waals surface area contributed by atoms with E-state index in [-0.39, 0.29) is 18.4 Å². The molecule has 1 aliphatic heterocycles. The average Bonchev–Trinajstić information content (AvgIpc) is 3.39. The van der Waals surface area contributed by atoms with Crippen molar-refractivity contribution in [2.75, 3.05) is 13.1 Å². The molecule has 166 valence electrons. The fraction of sp³-hybridized carbons (Fsp3) is 0.400. The highest BCUT2D eigenvalue weighted by atomic mass is 19.1. The Bertz CT molecular complexity index is 1110. The lowest BCUT2D eigenvalue weighted by molar-refractivity contribution is -0.132. The summed E-state index contributed by atoms with van der Waals surface area (Å²) in [6, 6.07) is 15.4. The zero-order chi connectivity index (χ0) is 22.2. The number of amides is 1. The van der Waals surface area contributed by atoms with E-state index < -0.39 is 12.2 Å². The molecule has 2 aromatic carbocycles. The first kappa shape index (κ1) is 20.8. The van der Waals surface area contributed by atoms with Crippen LogP contribution < -0.4 is 5.73 Å². The van der Waals surface area contributed by atoms with Crippen LogP contribution in [0, 0.1) is 0 Å². The second kappa shape index (κ2) is 8.47. The van der Waals surface area contributed by atoms with Crippen molar-refractivity contribution in [2.24, 2.45) is 5.73 Å². The van der Waals surface area contributed by atoms with Gasteiger partial charge in [-0.25, -0.2) is 4.39 Å². The van der Waals surface area contributed by atoms with E-state index in [2.05, 4.69) is 16.2 Å². The van der Waals surface area contributed by atoms with Gasteiger partial charge in [-0.1, -0.05) is 54.5 Å². The average molecular weight is 435 g/mol. The highest BCUT2D eigenvalue weighted by Gasteiger charge is 2.32. The SMILES string of the molecule is C[C@@H](c1ccc(-c2cccc(-c3noc(C4CC4)n3)c2)cc1)[C@H](N)C(=O)N1CC[C@H](F)C1. The molecule has 1 saturated carbocycles. The number of hydrogen-bond acceptors (Lipinski definition) is 5. The van der Waals surface area contributed by atoms with Gasteiger partial charge in [-0.05, 0) is 42.0 Å². The predicted molar refractivity (Wildman–Crippen MR) is 120 cm³/mol. The number of hydrogen-bond donors (Lipinski definition) is 1. The van der Waals surface area contributed by atoms with Crippen LogP contribution >= 0.6 is 0 Å². The summed E-state index contributed by atoms with van der Waals surface area (Å²) in [6.45, 7) is 2.53. The largest absolute Gasteiger partial charge is 0.339 e. The minimum atomic E-state index is -0.941. The van der Waals surface area contributed by atoms with E-state index in [1.807, 2.05) is 49.4 Å². The molecular formula is C25H27FN4O2. The molecule has 32 heavy (non-hydrogen) atoms. The first-order valence-electron chi connectivity index (χ1n) is 11.2. The van der Waals surface area contributed by atoms with Gasteiger partial charge in [0.2, 0.25) is 17.6 Å². The van der Waals surface area contributed by atoms with Gasteiger partial charge in [0.15, 0.2) is 0 Å². The van der Waals surface area contributed by atoms with Crippen LogP contribution in [0.15, 0.2) is 53.1 Å². The monoisotopic (exact) mass is 434 g/mol. The van der Waals surface area contributed by atoms with E-state index in [4.69, 9.17) is 10.3 Å². The molecule has 5 rings (SSSR count). The lowest BCUT2D eigenvalue weighted by Crippen LogP contribution is -2.45. The quantitative estimate of drug-likeness (QED) is 0.626. The molecule has 2 N–H and O–H groups in total. The van der Waals surface area contributed by atoms with Crippen LogP contribution in [0.3, 0.4) is 0 Å². The number of carbonyl (C=O) groups excluding carboxylic acids is 1. The first-order chi connectivity index (χ1) is 15.5. The van der Waals surface area contributed by atoms with E-state index in [1.54, 1.807) is 0 Å². The number of rotatable bonds is 6. The summed E-state index contributed by atoms with van der Waals surface area (Å²) in [4.78, 5) is 18.7. The van der Waals surface area contributed by atoms with Gasteiger partial charge in [0.1, 0.15) is 6.17 Å². The van der Waals surface area contributed by atoms with Gasteiger partial charge in [-0.2, -0.15) is 4.98 Å². The smallest absolute Gasteiger partial charge is 0.240 e. The fourth-order valence-corrected chi connectivity index (χ4v) is 4.22. The molecule has 1 amide bonds. The van der Waals surface area contributed by atoms with E-state index in [1.165, 1.54) is 4.90 Å². The zero-order valence-electron chi connectivity index (χ0n) is 18.1. The molecule has 3 atom stereocenters. The maximum atomic E-state index is 13.5. The molecule has 2 fully saturated rings. The summed E-state index contributed by atoms with van der Waals surface area (Å²) in [5.41, 5.74) is 10.2. The number of alkyl halides is 1. The number of likely N-dealkylation sites (tertiary alicyclic amines) is 1. The number of nitrogens with two attached hydrogens (primary N) is 1. The molecule has 3 aromatic rings. The van der Waals surface area contributed by atoms with E-state index in [0.29, 0.717) is 24.7 Å². The Morgan fingerprint density at radius 3 is 2.56 bits per heavy atom. The summed E-state index contributed by atoms with van der Waals surface area (Å²) in [7, 11) is 0. The number of halogens is 1. The molecule has 1 saturated heterocycles. The molecule has 0 spiro atoms. The third kappa shape index (κ3) is 4.17. The maximum absolute atomic E-state index is 13.5. The van der Waals surface area contributed by atoms with Crippen molar-refractivity contribution in [2.45, 2.75) is 50.2 Å². The fourth-order valence-electron chi connectivity index (χ4n) is 4.22. The predicted octanol–water partition coefficient (Wildman–Crippen LogP) is 4.28. The van der Waals surface area contributed by atoms with Crippen LogP contribution in [-0.2, 0) is 4.79 Å². The third-order valence-electron chi connectivity index (χ3n) is 6.53. The number of carbonyl (C=O) groups is 1. The molecule has 2 heterocycles. The van der Waals surface area contributed by atoms with Crippen molar-refractivity contribution in [3.8, 4) is 22.5 Å². The minimum absolute atomic E-state index is 0.150. The summed E-state index contributed by atoms with van der Waals surface area (Å²) in [5.74, 6) is 1.42. The van der Waals surface area contributed by atoms with Crippen molar-refractivity contribution in [1.82, 2.24) is 15.0 Å².